The molecule has 1 heterocycles. The van der Waals surface area contributed by atoms with Crippen LogP contribution in [0, 0.1) is 5.92 Å². The van der Waals surface area contributed by atoms with Crippen molar-refractivity contribution >= 4 is 5.91 Å². The highest BCUT2D eigenvalue weighted by molar-refractivity contribution is 5.78. The number of likely N-dealkylation sites (tertiary alicyclic amines) is 1. The van der Waals surface area contributed by atoms with Crippen LogP contribution >= 0.6 is 0 Å². The molecule has 0 bridgehead atoms. The number of benzene rings is 1. The van der Waals surface area contributed by atoms with E-state index in [-0.39, 0.29) is 12.3 Å². The first-order valence-corrected chi connectivity index (χ1v) is 6.80. The van der Waals surface area contributed by atoms with Gasteiger partial charge in [-0.15, -0.1) is 0 Å². The lowest BCUT2D eigenvalue weighted by Gasteiger charge is -2.30. The summed E-state index contributed by atoms with van der Waals surface area (Å²) < 4.78 is 37.8. The Labute approximate surface area is 116 Å². The van der Waals surface area contributed by atoms with Crippen molar-refractivity contribution in [3.05, 3.63) is 35.4 Å². The van der Waals surface area contributed by atoms with E-state index in [2.05, 4.69) is 6.92 Å². The van der Waals surface area contributed by atoms with Crippen molar-refractivity contribution in [2.45, 2.75) is 32.4 Å². The lowest BCUT2D eigenvalue weighted by Crippen LogP contribution is -2.38. The molecule has 1 aliphatic heterocycles. The fourth-order valence-corrected chi connectivity index (χ4v) is 2.40. The van der Waals surface area contributed by atoms with Gasteiger partial charge in [-0.05, 0) is 30.4 Å². The first kappa shape index (κ1) is 14.9. The van der Waals surface area contributed by atoms with Gasteiger partial charge in [-0.1, -0.05) is 25.1 Å². The molecule has 5 heteroatoms. The van der Waals surface area contributed by atoms with Crippen LogP contribution < -0.4 is 0 Å². The van der Waals surface area contributed by atoms with E-state index in [9.17, 15) is 18.0 Å². The molecule has 0 unspecified atom stereocenters. The molecule has 1 aliphatic rings. The van der Waals surface area contributed by atoms with Gasteiger partial charge in [0.2, 0.25) is 5.91 Å². The lowest BCUT2D eigenvalue weighted by molar-refractivity contribution is -0.138. The maximum atomic E-state index is 12.6. The van der Waals surface area contributed by atoms with Gasteiger partial charge in [0.25, 0.3) is 0 Å². The van der Waals surface area contributed by atoms with E-state index >= 15 is 0 Å². The van der Waals surface area contributed by atoms with Gasteiger partial charge in [0, 0.05) is 13.1 Å². The summed E-state index contributed by atoms with van der Waals surface area (Å²) in [5.74, 6) is 0.531. The largest absolute Gasteiger partial charge is 0.416 e. The van der Waals surface area contributed by atoms with Crippen LogP contribution in [0.1, 0.15) is 30.9 Å². The van der Waals surface area contributed by atoms with E-state index in [4.69, 9.17) is 0 Å². The number of halogens is 3. The monoisotopic (exact) mass is 285 g/mol. The number of carbonyl (C=O) groups excluding carboxylic acids is 1. The minimum atomic E-state index is -4.36. The molecule has 1 fully saturated rings. The number of amides is 1. The third kappa shape index (κ3) is 3.74. The molecule has 0 N–H and O–H groups in total. The van der Waals surface area contributed by atoms with Crippen LogP contribution in [0.15, 0.2) is 24.3 Å². The van der Waals surface area contributed by atoms with Gasteiger partial charge in [0.15, 0.2) is 0 Å². The Morgan fingerprint density at radius 1 is 1.30 bits per heavy atom. The molecule has 110 valence electrons. The van der Waals surface area contributed by atoms with E-state index in [1.165, 1.54) is 6.07 Å². The van der Waals surface area contributed by atoms with E-state index in [1.54, 1.807) is 11.0 Å². The van der Waals surface area contributed by atoms with Crippen LogP contribution in [0.3, 0.4) is 0 Å². The molecule has 0 spiro atoms. The highest BCUT2D eigenvalue weighted by Gasteiger charge is 2.30. The topological polar surface area (TPSA) is 20.3 Å². The average molecular weight is 285 g/mol. The molecule has 1 amide bonds. The molecular formula is C15H18F3NO. The Kier molecular flexibility index (Phi) is 4.35. The van der Waals surface area contributed by atoms with E-state index in [1.807, 2.05) is 0 Å². The zero-order valence-corrected chi connectivity index (χ0v) is 11.4. The average Bonchev–Trinajstić information content (AvgIpc) is 2.38. The standard InChI is InChI=1S/C15H18F3NO/c1-11-5-7-19(8-6-11)14(20)10-12-3-2-4-13(9-12)15(16,17)18/h2-4,9,11H,5-8,10H2,1H3. The zero-order valence-electron chi connectivity index (χ0n) is 11.4. The molecule has 2 rings (SSSR count). The van der Waals surface area contributed by atoms with Gasteiger partial charge in [-0.3, -0.25) is 4.79 Å². The predicted octanol–water partition coefficient (Wildman–Crippen LogP) is 3.51. The normalized spacial score (nSPS) is 17.3. The summed E-state index contributed by atoms with van der Waals surface area (Å²) in [4.78, 5) is 13.8. The molecular weight excluding hydrogens is 267 g/mol. The third-order valence-electron chi connectivity index (χ3n) is 3.75. The summed E-state index contributed by atoms with van der Waals surface area (Å²) in [6.45, 7) is 3.56. The first-order chi connectivity index (χ1) is 9.36. The summed E-state index contributed by atoms with van der Waals surface area (Å²) in [6, 6.07) is 5.00. The molecule has 2 nitrogen and oxygen atoms in total. The van der Waals surface area contributed by atoms with Crippen molar-refractivity contribution in [1.29, 1.82) is 0 Å². The Balaban J connectivity index is 2.01. The molecule has 0 aromatic heterocycles. The fourth-order valence-electron chi connectivity index (χ4n) is 2.40. The smallest absolute Gasteiger partial charge is 0.342 e. The molecule has 0 saturated carbocycles. The molecule has 0 radical (unpaired) electrons. The lowest BCUT2D eigenvalue weighted by atomic mass is 9.98. The van der Waals surface area contributed by atoms with Gasteiger partial charge < -0.3 is 4.90 Å². The van der Waals surface area contributed by atoms with E-state index < -0.39 is 11.7 Å². The minimum absolute atomic E-state index is 0.0400. The molecule has 0 atom stereocenters. The maximum absolute atomic E-state index is 12.6. The summed E-state index contributed by atoms with van der Waals surface area (Å²) in [5, 5.41) is 0. The Bertz CT molecular complexity index is 476. The number of rotatable bonds is 2. The van der Waals surface area contributed by atoms with Gasteiger partial charge in [-0.25, -0.2) is 0 Å². The van der Waals surface area contributed by atoms with Crippen molar-refractivity contribution in [3.8, 4) is 0 Å². The number of hydrogen-bond acceptors (Lipinski definition) is 1. The quantitative estimate of drug-likeness (QED) is 0.814. The van der Waals surface area contributed by atoms with Crippen molar-refractivity contribution in [2.24, 2.45) is 5.92 Å². The summed E-state index contributed by atoms with van der Waals surface area (Å²) >= 11 is 0. The van der Waals surface area contributed by atoms with Gasteiger partial charge in [-0.2, -0.15) is 13.2 Å². The number of nitrogens with zero attached hydrogens (tertiary/aromatic N) is 1. The van der Waals surface area contributed by atoms with Crippen molar-refractivity contribution < 1.29 is 18.0 Å². The molecule has 1 saturated heterocycles. The van der Waals surface area contributed by atoms with Crippen molar-refractivity contribution in [3.63, 3.8) is 0 Å². The molecule has 20 heavy (non-hydrogen) atoms. The Hall–Kier alpha value is -1.52. The second-order valence-corrected chi connectivity index (χ2v) is 5.44. The number of carbonyl (C=O) groups is 1. The third-order valence-corrected chi connectivity index (χ3v) is 3.75. The van der Waals surface area contributed by atoms with Crippen LogP contribution in [0.4, 0.5) is 13.2 Å². The maximum Gasteiger partial charge on any atom is 0.416 e. The van der Waals surface area contributed by atoms with Crippen molar-refractivity contribution in [2.75, 3.05) is 13.1 Å². The highest BCUT2D eigenvalue weighted by atomic mass is 19.4. The molecule has 1 aromatic rings. The van der Waals surface area contributed by atoms with E-state index in [0.717, 1.165) is 25.0 Å². The Morgan fingerprint density at radius 2 is 1.95 bits per heavy atom. The van der Waals surface area contributed by atoms with Crippen LogP contribution in [0.25, 0.3) is 0 Å². The van der Waals surface area contributed by atoms with E-state index in [0.29, 0.717) is 24.6 Å². The second kappa shape index (κ2) is 5.85. The zero-order chi connectivity index (χ0) is 14.8. The van der Waals surface area contributed by atoms with Crippen LogP contribution in [0.5, 0.6) is 0 Å². The summed E-state index contributed by atoms with van der Waals surface area (Å²) in [6.07, 6.45) is -2.39. The number of alkyl halides is 3. The first-order valence-electron chi connectivity index (χ1n) is 6.80. The van der Waals surface area contributed by atoms with Crippen LogP contribution in [-0.2, 0) is 17.4 Å². The molecule has 0 aliphatic carbocycles. The highest BCUT2D eigenvalue weighted by Crippen LogP contribution is 2.29. The van der Waals surface area contributed by atoms with Gasteiger partial charge in [0.05, 0.1) is 12.0 Å². The Morgan fingerprint density at radius 3 is 2.55 bits per heavy atom. The number of piperidine rings is 1. The minimum Gasteiger partial charge on any atom is -0.342 e. The van der Waals surface area contributed by atoms with Gasteiger partial charge >= 0.3 is 6.18 Å². The van der Waals surface area contributed by atoms with Crippen LogP contribution in [-0.4, -0.2) is 23.9 Å². The predicted molar refractivity (Wildman–Crippen MR) is 70.1 cm³/mol. The summed E-state index contributed by atoms with van der Waals surface area (Å²) in [7, 11) is 0. The van der Waals surface area contributed by atoms with Crippen molar-refractivity contribution in [1.82, 2.24) is 4.90 Å². The molecule has 1 aromatic carbocycles. The number of hydrogen-bond donors (Lipinski definition) is 0. The van der Waals surface area contributed by atoms with Crippen LogP contribution in [0.2, 0.25) is 0 Å². The SMILES string of the molecule is CC1CCN(C(=O)Cc2cccc(C(F)(F)F)c2)CC1. The fraction of sp³-hybridized carbons (Fsp3) is 0.533. The van der Waals surface area contributed by atoms with Gasteiger partial charge in [0.1, 0.15) is 0 Å². The second-order valence-electron chi connectivity index (χ2n) is 5.44. The summed E-state index contributed by atoms with van der Waals surface area (Å²) in [5.41, 5.74) is -0.279.